The van der Waals surface area contributed by atoms with Gasteiger partial charge in [-0.15, -0.1) is 0 Å². The Morgan fingerprint density at radius 1 is 1.02 bits per heavy atom. The molecule has 0 aliphatic carbocycles. The van der Waals surface area contributed by atoms with Crippen molar-refractivity contribution < 1.29 is 45.4 Å². The molecule has 0 aliphatic rings. The molecule has 0 saturated heterocycles. The van der Waals surface area contributed by atoms with Crippen LogP contribution in [0.5, 0.6) is 17.2 Å². The Morgan fingerprint density at radius 3 is 2.23 bits per heavy atom. The van der Waals surface area contributed by atoms with Crippen molar-refractivity contribution in [3.05, 3.63) is 71.6 Å². The molecule has 226 valence electrons. The molecular formula is C26H20ClF3N4O7S2. The highest BCUT2D eigenvalue weighted by Crippen LogP contribution is 2.36. The fourth-order valence-corrected chi connectivity index (χ4v) is 5.63. The summed E-state index contributed by atoms with van der Waals surface area (Å²) in [5.74, 6) is -1.97. The Kier molecular flexibility index (Phi) is 9.42. The number of amides is 1. The van der Waals surface area contributed by atoms with Gasteiger partial charge in [0.05, 0.1) is 28.3 Å². The van der Waals surface area contributed by atoms with Crippen LogP contribution in [0.2, 0.25) is 5.15 Å². The molecule has 0 fully saturated rings. The molecule has 1 amide bonds. The second-order valence-corrected chi connectivity index (χ2v) is 11.5. The van der Waals surface area contributed by atoms with Crippen molar-refractivity contribution in [1.82, 2.24) is 9.97 Å². The number of esters is 1. The zero-order valence-electron chi connectivity index (χ0n) is 22.1. The molecule has 4 rings (SSSR count). The van der Waals surface area contributed by atoms with Crippen molar-refractivity contribution in [3.63, 3.8) is 0 Å². The summed E-state index contributed by atoms with van der Waals surface area (Å²) in [5.41, 5.74) is 0.720. The number of hydrogen-bond acceptors (Lipinski definition) is 10. The monoisotopic (exact) mass is 656 g/mol. The fraction of sp³-hybridized carbons (Fsp3) is 0.154. The van der Waals surface area contributed by atoms with E-state index in [9.17, 15) is 31.2 Å². The number of benzene rings is 2. The summed E-state index contributed by atoms with van der Waals surface area (Å²) in [6.45, 7) is 0.411. The Labute approximate surface area is 251 Å². The first-order valence-electron chi connectivity index (χ1n) is 11.9. The van der Waals surface area contributed by atoms with E-state index in [-0.39, 0.29) is 20.9 Å². The lowest BCUT2D eigenvalue weighted by atomic mass is 10.2. The van der Waals surface area contributed by atoms with Crippen molar-refractivity contribution in [2.24, 2.45) is 0 Å². The van der Waals surface area contributed by atoms with E-state index >= 15 is 0 Å². The quantitative estimate of drug-likeness (QED) is 0.159. The first-order chi connectivity index (χ1) is 20.2. The topological polar surface area (TPSA) is 146 Å². The van der Waals surface area contributed by atoms with Crippen molar-refractivity contribution in [1.29, 1.82) is 0 Å². The van der Waals surface area contributed by atoms with Gasteiger partial charge in [0.2, 0.25) is 0 Å². The van der Waals surface area contributed by atoms with Crippen LogP contribution in [0.1, 0.15) is 5.69 Å². The molecule has 11 nitrogen and oxygen atoms in total. The van der Waals surface area contributed by atoms with Crippen LogP contribution < -0.4 is 19.5 Å². The van der Waals surface area contributed by atoms with Gasteiger partial charge in [-0.2, -0.15) is 13.2 Å². The van der Waals surface area contributed by atoms with Crippen LogP contribution in [0.25, 0.3) is 10.4 Å². The minimum atomic E-state index is -5.23. The van der Waals surface area contributed by atoms with Gasteiger partial charge in [-0.1, -0.05) is 22.9 Å². The maximum Gasteiger partial charge on any atom is 0.490 e. The van der Waals surface area contributed by atoms with E-state index in [1.165, 1.54) is 36.5 Å². The van der Waals surface area contributed by atoms with Gasteiger partial charge in [-0.25, -0.2) is 23.2 Å². The van der Waals surface area contributed by atoms with Gasteiger partial charge in [0.15, 0.2) is 16.9 Å². The largest absolute Gasteiger partial charge is 0.497 e. The summed E-state index contributed by atoms with van der Waals surface area (Å²) in [4.78, 5) is 31.2. The predicted octanol–water partition coefficient (Wildman–Crippen LogP) is 5.81. The molecule has 0 radical (unpaired) electrons. The minimum Gasteiger partial charge on any atom is -0.497 e. The van der Waals surface area contributed by atoms with Gasteiger partial charge in [0.1, 0.15) is 17.2 Å². The second kappa shape index (κ2) is 12.8. The van der Waals surface area contributed by atoms with E-state index in [1.54, 1.807) is 38.3 Å². The first-order valence-corrected chi connectivity index (χ1v) is 14.5. The number of ether oxygens (including phenoxy) is 3. The maximum atomic E-state index is 13.1. The highest BCUT2D eigenvalue weighted by Gasteiger charge is 2.41. The minimum absolute atomic E-state index is 0.00501. The number of anilines is 2. The van der Waals surface area contributed by atoms with E-state index in [1.807, 2.05) is 0 Å². The average Bonchev–Trinajstić information content (AvgIpc) is 3.32. The summed E-state index contributed by atoms with van der Waals surface area (Å²) in [6.07, 6.45) is -3.88. The van der Waals surface area contributed by atoms with Crippen LogP contribution in [0.15, 0.2) is 65.7 Å². The van der Waals surface area contributed by atoms with Crippen molar-refractivity contribution in [2.75, 3.05) is 23.8 Å². The summed E-state index contributed by atoms with van der Waals surface area (Å²) in [5, 5.41) is 2.09. The van der Waals surface area contributed by atoms with Crippen LogP contribution in [-0.2, 0) is 24.3 Å². The number of halogens is 4. The molecule has 0 atom stereocenters. The molecule has 0 saturated carbocycles. The lowest BCUT2D eigenvalue weighted by Crippen LogP contribution is -2.29. The molecule has 0 spiro atoms. The number of thiazole rings is 1. The zero-order chi connectivity index (χ0) is 31.4. The van der Waals surface area contributed by atoms with E-state index in [0.29, 0.717) is 33.4 Å². The highest BCUT2D eigenvalue weighted by molar-refractivity contribution is 7.92. The van der Waals surface area contributed by atoms with Gasteiger partial charge < -0.3 is 14.2 Å². The van der Waals surface area contributed by atoms with Crippen molar-refractivity contribution >= 4 is 55.7 Å². The van der Waals surface area contributed by atoms with Gasteiger partial charge in [0.25, 0.3) is 15.9 Å². The van der Waals surface area contributed by atoms with Crippen molar-refractivity contribution in [2.45, 2.75) is 18.0 Å². The summed E-state index contributed by atoms with van der Waals surface area (Å²) < 4.78 is 80.1. The summed E-state index contributed by atoms with van der Waals surface area (Å²) in [7, 11) is -2.57. The van der Waals surface area contributed by atoms with Gasteiger partial charge in [0, 0.05) is 11.8 Å². The zero-order valence-corrected chi connectivity index (χ0v) is 24.5. The van der Waals surface area contributed by atoms with Crippen LogP contribution in [0.3, 0.4) is 0 Å². The fourth-order valence-electron chi connectivity index (χ4n) is 3.40. The van der Waals surface area contributed by atoms with Crippen LogP contribution in [-0.4, -0.2) is 50.2 Å². The number of rotatable bonds is 10. The van der Waals surface area contributed by atoms with Gasteiger partial charge in [-0.3, -0.25) is 14.8 Å². The van der Waals surface area contributed by atoms with Crippen LogP contribution in [0, 0.1) is 6.92 Å². The summed E-state index contributed by atoms with van der Waals surface area (Å²) in [6, 6.07) is 13.9. The number of hydrogen-bond donors (Lipinski definition) is 2. The van der Waals surface area contributed by atoms with Crippen LogP contribution in [0.4, 0.5) is 24.0 Å². The Morgan fingerprint density at radius 2 is 1.63 bits per heavy atom. The molecule has 0 bridgehead atoms. The number of nitrogens with one attached hydrogen (secondary N) is 2. The average molecular weight is 657 g/mol. The van der Waals surface area contributed by atoms with E-state index < -0.39 is 34.7 Å². The maximum absolute atomic E-state index is 13.1. The normalized spacial score (nSPS) is 11.5. The molecule has 2 heterocycles. The Bertz CT molecular complexity index is 1750. The predicted molar refractivity (Wildman–Crippen MR) is 151 cm³/mol. The number of aromatic nitrogens is 2. The number of carbonyl (C=O) groups is 2. The van der Waals surface area contributed by atoms with Gasteiger partial charge >= 0.3 is 12.1 Å². The number of methoxy groups -OCH3 is 1. The van der Waals surface area contributed by atoms with E-state index in [2.05, 4.69) is 24.7 Å². The molecule has 2 aromatic carbocycles. The molecule has 0 aliphatic heterocycles. The number of carbonyl (C=O) groups excluding carboxylic acids is 2. The second-order valence-electron chi connectivity index (χ2n) is 8.47. The highest BCUT2D eigenvalue weighted by atomic mass is 35.5. The number of aryl methyl sites for hydroxylation is 1. The molecule has 2 N–H and O–H groups in total. The molecule has 2 aromatic heterocycles. The lowest BCUT2D eigenvalue weighted by Gasteiger charge is -2.11. The molecule has 43 heavy (non-hydrogen) atoms. The number of sulfonamides is 1. The summed E-state index contributed by atoms with van der Waals surface area (Å²) >= 11 is 7.09. The third kappa shape index (κ3) is 8.12. The third-order valence-corrected chi connectivity index (χ3v) is 8.19. The SMILES string of the molecule is COc1ccc(Oc2ccc(S(=O)(=O)Nc3cc(-c4sc(NC(=O)COC(=O)C(F)(F)F)nc4C)cnc3Cl)cc2)cc1. The number of alkyl halides is 3. The van der Waals surface area contributed by atoms with Gasteiger partial charge in [-0.05, 0) is 61.5 Å². The number of pyridine rings is 1. The Hall–Kier alpha value is -4.41. The number of nitrogens with zero attached hydrogens (tertiary/aromatic N) is 2. The molecular weight excluding hydrogens is 637 g/mol. The molecule has 4 aromatic rings. The van der Waals surface area contributed by atoms with Crippen molar-refractivity contribution in [3.8, 4) is 27.7 Å². The standard InChI is InChI=1S/C26H20ClF3N4O7S2/c1-14-22(42-25(32-14)33-21(35)13-40-24(36)26(28,29)30)15-11-20(23(27)31-12-15)34-43(37,38)19-9-7-18(8-10-19)41-17-5-3-16(39-2)4-6-17/h3-12,34H,13H2,1-2H3,(H,32,33,35). The Balaban J connectivity index is 1.45. The smallest absolute Gasteiger partial charge is 0.490 e. The molecule has 17 heteroatoms. The molecule has 0 unspecified atom stereocenters. The lowest BCUT2D eigenvalue weighted by molar-refractivity contribution is -0.199. The third-order valence-electron chi connectivity index (χ3n) is 5.38. The van der Waals surface area contributed by atoms with Crippen LogP contribution >= 0.6 is 22.9 Å². The van der Waals surface area contributed by atoms with E-state index in [0.717, 1.165) is 11.3 Å². The van der Waals surface area contributed by atoms with E-state index in [4.69, 9.17) is 21.1 Å². The first kappa shape index (κ1) is 31.5.